The minimum absolute atomic E-state index is 0.0513. The minimum Gasteiger partial charge on any atom is -0.508 e. The number of carbonyl (C=O) groups is 1. The van der Waals surface area contributed by atoms with Crippen LogP contribution in [0.25, 0.3) is 0 Å². The number of phenolic OH excluding ortho intramolecular Hbond substituents is 1. The number of ether oxygens (including phenoxy) is 1. The molecule has 0 fully saturated rings. The van der Waals surface area contributed by atoms with Gasteiger partial charge in [0.25, 0.3) is 0 Å². The topological polar surface area (TPSA) is 87.0 Å². The lowest BCUT2D eigenvalue weighted by Gasteiger charge is -2.17. The maximum absolute atomic E-state index is 11.0. The van der Waals surface area contributed by atoms with Crippen molar-refractivity contribution in [2.75, 3.05) is 7.11 Å². The number of methoxy groups -OCH3 is 1. The Balaban J connectivity index is 2.96. The van der Waals surface area contributed by atoms with Crippen LogP contribution >= 0.6 is 11.6 Å². The predicted molar refractivity (Wildman–Crippen MR) is 56.1 cm³/mol. The third kappa shape index (κ3) is 2.63. The van der Waals surface area contributed by atoms with E-state index in [1.807, 2.05) is 0 Å². The number of carbonyl (C=O) groups excluding carboxylic acids is 1. The number of halogens is 1. The van der Waals surface area contributed by atoms with Crippen molar-refractivity contribution in [3.05, 3.63) is 28.8 Å². The summed E-state index contributed by atoms with van der Waals surface area (Å²) < 4.78 is 4.28. The molecular weight excluding hydrogens is 236 g/mol. The predicted octanol–water partition coefficient (Wildman–Crippen LogP) is 0.613. The molecule has 2 unspecified atom stereocenters. The Morgan fingerprint density at radius 2 is 2.06 bits per heavy atom. The molecule has 0 aromatic heterocycles. The van der Waals surface area contributed by atoms with Crippen LogP contribution in [0.4, 0.5) is 0 Å². The molecule has 0 amide bonds. The summed E-state index contributed by atoms with van der Waals surface area (Å²) in [6.07, 6.45) is -3.22. The van der Waals surface area contributed by atoms with Crippen LogP contribution in [0, 0.1) is 0 Å². The van der Waals surface area contributed by atoms with Crippen LogP contribution in [0.5, 0.6) is 5.75 Å². The Labute approximate surface area is 96.9 Å². The fraction of sp³-hybridized carbons (Fsp3) is 0.300. The molecule has 3 N–H and O–H groups in total. The number of benzene rings is 1. The number of phenols is 1. The normalized spacial score (nSPS) is 14.2. The summed E-state index contributed by atoms with van der Waals surface area (Å²) in [4.78, 5) is 11.0. The van der Waals surface area contributed by atoms with E-state index in [1.54, 1.807) is 0 Å². The first-order valence-electron chi connectivity index (χ1n) is 4.39. The highest BCUT2D eigenvalue weighted by Crippen LogP contribution is 2.28. The molecule has 88 valence electrons. The smallest absolute Gasteiger partial charge is 0.337 e. The summed E-state index contributed by atoms with van der Waals surface area (Å²) in [7, 11) is 1.09. The van der Waals surface area contributed by atoms with Crippen LogP contribution in [-0.2, 0) is 9.53 Å². The number of hydrogen-bond donors (Lipinski definition) is 3. The largest absolute Gasteiger partial charge is 0.508 e. The number of aliphatic hydroxyl groups is 2. The first-order valence-corrected chi connectivity index (χ1v) is 4.77. The lowest BCUT2D eigenvalue weighted by Crippen LogP contribution is -2.29. The van der Waals surface area contributed by atoms with Crippen molar-refractivity contribution < 1.29 is 24.9 Å². The van der Waals surface area contributed by atoms with Crippen LogP contribution in [0.15, 0.2) is 18.2 Å². The second kappa shape index (κ2) is 5.16. The van der Waals surface area contributed by atoms with Crippen molar-refractivity contribution >= 4 is 17.6 Å². The summed E-state index contributed by atoms with van der Waals surface area (Å²) in [5, 5.41) is 28.2. The molecular formula is C10H11ClO5. The van der Waals surface area contributed by atoms with E-state index in [2.05, 4.69) is 4.74 Å². The van der Waals surface area contributed by atoms with Crippen LogP contribution in [0.1, 0.15) is 11.7 Å². The highest BCUT2D eigenvalue weighted by atomic mass is 35.5. The molecule has 16 heavy (non-hydrogen) atoms. The van der Waals surface area contributed by atoms with Gasteiger partial charge in [0.05, 0.1) is 12.1 Å². The van der Waals surface area contributed by atoms with Gasteiger partial charge in [-0.25, -0.2) is 4.79 Å². The highest BCUT2D eigenvalue weighted by Gasteiger charge is 2.27. The maximum atomic E-state index is 11.0. The van der Waals surface area contributed by atoms with Gasteiger partial charge in [0.15, 0.2) is 6.10 Å². The van der Waals surface area contributed by atoms with Crippen molar-refractivity contribution in [1.82, 2.24) is 0 Å². The van der Waals surface area contributed by atoms with E-state index in [1.165, 1.54) is 18.2 Å². The van der Waals surface area contributed by atoms with Crippen molar-refractivity contribution in [3.63, 3.8) is 0 Å². The zero-order chi connectivity index (χ0) is 12.3. The summed E-state index contributed by atoms with van der Waals surface area (Å²) >= 11 is 5.73. The van der Waals surface area contributed by atoms with Gasteiger partial charge in [-0.3, -0.25) is 0 Å². The molecule has 1 aromatic carbocycles. The van der Waals surface area contributed by atoms with E-state index in [0.717, 1.165) is 7.11 Å². The van der Waals surface area contributed by atoms with Gasteiger partial charge >= 0.3 is 5.97 Å². The summed E-state index contributed by atoms with van der Waals surface area (Å²) in [5.74, 6) is -1.04. The lowest BCUT2D eigenvalue weighted by atomic mass is 10.0. The standard InChI is InChI=1S/C10H11ClO5/c1-16-10(15)9(14)8(13)6-3-2-5(12)4-7(6)11/h2-4,8-9,12-14H,1H3. The maximum Gasteiger partial charge on any atom is 0.337 e. The fourth-order valence-electron chi connectivity index (χ4n) is 1.18. The Morgan fingerprint density at radius 3 is 2.56 bits per heavy atom. The third-order valence-corrected chi connectivity index (χ3v) is 2.37. The molecule has 0 aliphatic rings. The third-order valence-electron chi connectivity index (χ3n) is 2.04. The van der Waals surface area contributed by atoms with Gasteiger partial charge in [0.2, 0.25) is 0 Å². The van der Waals surface area contributed by atoms with Gasteiger partial charge in [-0.2, -0.15) is 0 Å². The number of aliphatic hydroxyl groups excluding tert-OH is 2. The molecule has 0 radical (unpaired) electrons. The van der Waals surface area contributed by atoms with Gasteiger partial charge in [0.1, 0.15) is 11.9 Å². The summed E-state index contributed by atoms with van der Waals surface area (Å²) in [6, 6.07) is 3.80. The van der Waals surface area contributed by atoms with E-state index >= 15 is 0 Å². The quantitative estimate of drug-likeness (QED) is 0.681. The average Bonchev–Trinajstić information content (AvgIpc) is 2.26. The van der Waals surface area contributed by atoms with Crippen molar-refractivity contribution in [1.29, 1.82) is 0 Å². The van der Waals surface area contributed by atoms with Gasteiger partial charge in [-0.05, 0) is 12.1 Å². The molecule has 0 spiro atoms. The number of hydrogen-bond acceptors (Lipinski definition) is 5. The molecule has 0 aliphatic heterocycles. The van der Waals surface area contributed by atoms with E-state index in [-0.39, 0.29) is 16.3 Å². The highest BCUT2D eigenvalue weighted by molar-refractivity contribution is 6.31. The first-order chi connectivity index (χ1) is 7.47. The molecule has 0 heterocycles. The molecule has 1 rings (SSSR count). The molecule has 6 heteroatoms. The van der Waals surface area contributed by atoms with Gasteiger partial charge in [-0.15, -0.1) is 0 Å². The Kier molecular flexibility index (Phi) is 4.12. The Hall–Kier alpha value is -1.30. The molecule has 0 saturated heterocycles. The second-order valence-electron chi connectivity index (χ2n) is 3.12. The van der Waals surface area contributed by atoms with Crippen LogP contribution in [0.3, 0.4) is 0 Å². The molecule has 5 nitrogen and oxygen atoms in total. The van der Waals surface area contributed by atoms with E-state index in [9.17, 15) is 15.0 Å². The van der Waals surface area contributed by atoms with E-state index < -0.39 is 18.2 Å². The van der Waals surface area contributed by atoms with Crippen LogP contribution in [0.2, 0.25) is 5.02 Å². The number of rotatable bonds is 3. The first kappa shape index (κ1) is 12.8. The van der Waals surface area contributed by atoms with Crippen LogP contribution < -0.4 is 0 Å². The lowest BCUT2D eigenvalue weighted by molar-refractivity contribution is -0.156. The zero-order valence-electron chi connectivity index (χ0n) is 8.42. The molecule has 2 atom stereocenters. The molecule has 0 bridgehead atoms. The fourth-order valence-corrected chi connectivity index (χ4v) is 1.46. The van der Waals surface area contributed by atoms with Gasteiger partial charge in [0, 0.05) is 5.56 Å². The second-order valence-corrected chi connectivity index (χ2v) is 3.53. The Morgan fingerprint density at radius 1 is 1.44 bits per heavy atom. The Bertz CT molecular complexity index is 393. The number of esters is 1. The summed E-state index contributed by atoms with van der Waals surface area (Å²) in [5.41, 5.74) is 0.136. The average molecular weight is 247 g/mol. The molecule has 1 aromatic rings. The van der Waals surface area contributed by atoms with E-state index in [0.29, 0.717) is 0 Å². The van der Waals surface area contributed by atoms with Gasteiger partial charge in [-0.1, -0.05) is 17.7 Å². The zero-order valence-corrected chi connectivity index (χ0v) is 9.18. The van der Waals surface area contributed by atoms with Crippen LogP contribution in [-0.4, -0.2) is 34.5 Å². The molecule has 0 aliphatic carbocycles. The van der Waals surface area contributed by atoms with Crippen molar-refractivity contribution in [2.24, 2.45) is 0 Å². The van der Waals surface area contributed by atoms with Crippen molar-refractivity contribution in [2.45, 2.75) is 12.2 Å². The van der Waals surface area contributed by atoms with E-state index in [4.69, 9.17) is 16.7 Å². The summed E-state index contributed by atoms with van der Waals surface area (Å²) in [6.45, 7) is 0. The minimum atomic E-state index is -1.72. The van der Waals surface area contributed by atoms with Crippen molar-refractivity contribution in [3.8, 4) is 5.75 Å². The monoisotopic (exact) mass is 246 g/mol. The molecule has 0 saturated carbocycles. The number of aromatic hydroxyl groups is 1. The SMILES string of the molecule is COC(=O)C(O)C(O)c1ccc(O)cc1Cl. The van der Waals surface area contributed by atoms with Gasteiger partial charge < -0.3 is 20.1 Å².